The van der Waals surface area contributed by atoms with Crippen molar-refractivity contribution in [2.45, 2.75) is 44.2 Å². The highest BCUT2D eigenvalue weighted by Crippen LogP contribution is 2.36. The monoisotopic (exact) mass is 419 g/mol. The quantitative estimate of drug-likeness (QED) is 0.701. The number of benzene rings is 1. The van der Waals surface area contributed by atoms with E-state index in [0.29, 0.717) is 5.92 Å². The maximum Gasteiger partial charge on any atom is 0.273 e. The molecular formula is C20H25N3O3S2. The van der Waals surface area contributed by atoms with Crippen LogP contribution in [-0.2, 0) is 10.0 Å². The highest BCUT2D eigenvalue weighted by Gasteiger charge is 2.29. The summed E-state index contributed by atoms with van der Waals surface area (Å²) >= 11 is 1.12. The number of carbonyl (C=O) groups excluding carboxylic acids is 1. The first-order valence-electron chi connectivity index (χ1n) is 9.17. The van der Waals surface area contributed by atoms with E-state index in [1.54, 1.807) is 35.7 Å². The molecule has 1 fully saturated rings. The van der Waals surface area contributed by atoms with E-state index in [4.69, 9.17) is 0 Å². The topological polar surface area (TPSA) is 87.6 Å². The van der Waals surface area contributed by atoms with Crippen molar-refractivity contribution in [2.75, 3.05) is 4.72 Å². The van der Waals surface area contributed by atoms with Gasteiger partial charge in [0, 0.05) is 5.71 Å². The average molecular weight is 420 g/mol. The van der Waals surface area contributed by atoms with Gasteiger partial charge < -0.3 is 0 Å². The van der Waals surface area contributed by atoms with Gasteiger partial charge in [0.15, 0.2) is 0 Å². The van der Waals surface area contributed by atoms with Crippen LogP contribution < -0.4 is 10.1 Å². The minimum atomic E-state index is -3.73. The van der Waals surface area contributed by atoms with Gasteiger partial charge >= 0.3 is 0 Å². The summed E-state index contributed by atoms with van der Waals surface area (Å²) < 4.78 is 27.7. The summed E-state index contributed by atoms with van der Waals surface area (Å²) in [5.74, 6) is 0.0808. The molecule has 1 unspecified atom stereocenters. The second-order valence-electron chi connectivity index (χ2n) is 8.06. The Labute approximate surface area is 170 Å². The lowest BCUT2D eigenvalue weighted by Crippen LogP contribution is -2.30. The number of thiophene rings is 1. The smallest absolute Gasteiger partial charge is 0.273 e. The van der Waals surface area contributed by atoms with Gasteiger partial charge in [0.1, 0.15) is 4.21 Å². The van der Waals surface area contributed by atoms with Gasteiger partial charge in [0.05, 0.1) is 11.3 Å². The number of anilines is 1. The van der Waals surface area contributed by atoms with Crippen molar-refractivity contribution in [3.8, 4) is 0 Å². The second kappa shape index (κ2) is 8.05. The molecule has 1 aliphatic rings. The van der Waals surface area contributed by atoms with Gasteiger partial charge in [-0.2, -0.15) is 5.10 Å². The van der Waals surface area contributed by atoms with Crippen LogP contribution in [0, 0.1) is 11.3 Å². The average Bonchev–Trinajstić information content (AvgIpc) is 3.14. The van der Waals surface area contributed by atoms with E-state index >= 15 is 0 Å². The molecule has 0 bridgehead atoms. The molecular weight excluding hydrogens is 394 g/mol. The molecule has 2 aromatic rings. The van der Waals surface area contributed by atoms with Gasteiger partial charge in [0.25, 0.3) is 15.9 Å². The number of hydrogen-bond donors (Lipinski definition) is 2. The van der Waals surface area contributed by atoms with E-state index in [-0.39, 0.29) is 20.9 Å². The van der Waals surface area contributed by atoms with Crippen molar-refractivity contribution in [1.82, 2.24) is 5.43 Å². The van der Waals surface area contributed by atoms with Crippen LogP contribution in [0.5, 0.6) is 0 Å². The molecule has 28 heavy (non-hydrogen) atoms. The number of nitrogens with zero attached hydrogens (tertiary/aromatic N) is 1. The second-order valence-corrected chi connectivity index (χ2v) is 10.9. The van der Waals surface area contributed by atoms with E-state index in [9.17, 15) is 13.2 Å². The summed E-state index contributed by atoms with van der Waals surface area (Å²) in [7, 11) is -3.73. The highest BCUT2D eigenvalue weighted by molar-refractivity contribution is 7.94. The molecule has 1 atom stereocenters. The molecule has 1 heterocycles. The molecule has 0 aliphatic heterocycles. The Bertz CT molecular complexity index is 980. The number of amides is 1. The van der Waals surface area contributed by atoms with Crippen LogP contribution in [0.3, 0.4) is 0 Å². The zero-order valence-corrected chi connectivity index (χ0v) is 17.9. The van der Waals surface area contributed by atoms with Crippen molar-refractivity contribution in [2.24, 2.45) is 16.4 Å². The summed E-state index contributed by atoms with van der Waals surface area (Å²) in [6.45, 7) is 6.59. The van der Waals surface area contributed by atoms with Crippen LogP contribution in [0.4, 0.5) is 5.69 Å². The number of sulfonamides is 1. The molecule has 1 aliphatic carbocycles. The summed E-state index contributed by atoms with van der Waals surface area (Å²) in [5.41, 5.74) is 4.19. The SMILES string of the molecule is CC1C/C(=N/NC(=O)c2ccccc2NS(=O)(=O)c2cccs2)CC(C)(C)C1. The fraction of sp³-hybridized carbons (Fsp3) is 0.400. The number of carbonyl (C=O) groups is 1. The normalized spacial score (nSPS) is 20.7. The molecule has 1 saturated carbocycles. The van der Waals surface area contributed by atoms with E-state index in [0.717, 1.165) is 36.3 Å². The van der Waals surface area contributed by atoms with Crippen molar-refractivity contribution < 1.29 is 13.2 Å². The molecule has 6 nitrogen and oxygen atoms in total. The zero-order chi connectivity index (χ0) is 20.4. The maximum absolute atomic E-state index is 12.7. The van der Waals surface area contributed by atoms with Crippen LogP contribution in [0.25, 0.3) is 0 Å². The molecule has 2 N–H and O–H groups in total. The third-order valence-electron chi connectivity index (χ3n) is 4.66. The van der Waals surface area contributed by atoms with Crippen molar-refractivity contribution in [3.05, 3.63) is 47.3 Å². The lowest BCUT2D eigenvalue weighted by molar-refractivity contribution is 0.0954. The highest BCUT2D eigenvalue weighted by atomic mass is 32.2. The number of hydrazone groups is 1. The fourth-order valence-electron chi connectivity index (χ4n) is 3.77. The minimum absolute atomic E-state index is 0.162. The molecule has 1 aromatic heterocycles. The third-order valence-corrected chi connectivity index (χ3v) is 7.42. The van der Waals surface area contributed by atoms with E-state index < -0.39 is 15.9 Å². The lowest BCUT2D eigenvalue weighted by Gasteiger charge is -2.34. The molecule has 1 amide bonds. The summed E-state index contributed by atoms with van der Waals surface area (Å²) in [5, 5.41) is 6.03. The lowest BCUT2D eigenvalue weighted by atomic mass is 9.72. The van der Waals surface area contributed by atoms with Crippen molar-refractivity contribution in [1.29, 1.82) is 0 Å². The molecule has 1 aromatic carbocycles. The van der Waals surface area contributed by atoms with Crippen molar-refractivity contribution in [3.63, 3.8) is 0 Å². The number of rotatable bonds is 5. The van der Waals surface area contributed by atoms with Gasteiger partial charge in [-0.3, -0.25) is 9.52 Å². The largest absolute Gasteiger partial charge is 0.278 e. The maximum atomic E-state index is 12.7. The summed E-state index contributed by atoms with van der Waals surface area (Å²) in [6.07, 6.45) is 2.83. The Morgan fingerprint density at radius 2 is 1.96 bits per heavy atom. The Hall–Kier alpha value is -2.19. The first-order valence-corrected chi connectivity index (χ1v) is 11.5. The van der Waals surface area contributed by atoms with Gasteiger partial charge in [-0.25, -0.2) is 13.8 Å². The van der Waals surface area contributed by atoms with Crippen molar-refractivity contribution >= 4 is 38.7 Å². The Kier molecular flexibility index (Phi) is 5.90. The van der Waals surface area contributed by atoms with Crippen LogP contribution in [0.15, 0.2) is 51.1 Å². The van der Waals surface area contributed by atoms with Crippen LogP contribution in [-0.4, -0.2) is 20.0 Å². The molecule has 150 valence electrons. The van der Waals surface area contributed by atoms with Crippen LogP contribution in [0.1, 0.15) is 50.4 Å². The van der Waals surface area contributed by atoms with Crippen LogP contribution >= 0.6 is 11.3 Å². The van der Waals surface area contributed by atoms with Gasteiger partial charge in [-0.05, 0) is 54.2 Å². The predicted octanol–water partition coefficient (Wildman–Crippen LogP) is 4.48. The Balaban J connectivity index is 1.77. The molecule has 0 radical (unpaired) electrons. The molecule has 0 saturated heterocycles. The van der Waals surface area contributed by atoms with Gasteiger partial charge in [-0.15, -0.1) is 11.3 Å². The summed E-state index contributed by atoms with van der Waals surface area (Å²) in [4.78, 5) is 12.7. The van der Waals surface area contributed by atoms with Gasteiger partial charge in [0.2, 0.25) is 0 Å². The van der Waals surface area contributed by atoms with Crippen LogP contribution in [0.2, 0.25) is 0 Å². The van der Waals surface area contributed by atoms with E-state index in [1.165, 1.54) is 6.07 Å². The Morgan fingerprint density at radius 1 is 1.21 bits per heavy atom. The molecule has 0 spiro atoms. The predicted molar refractivity (Wildman–Crippen MR) is 113 cm³/mol. The van der Waals surface area contributed by atoms with E-state index in [2.05, 4.69) is 36.0 Å². The minimum Gasteiger partial charge on any atom is -0.278 e. The fourth-order valence-corrected chi connectivity index (χ4v) is 5.84. The first kappa shape index (κ1) is 20.5. The standard InChI is InChI=1S/C20H25N3O3S2/c1-14-11-15(13-20(2,3)12-14)21-22-19(24)16-7-4-5-8-17(16)23-28(25,26)18-9-6-10-27-18/h4-10,14,23H,11-13H2,1-3H3,(H,22,24)/b21-15-. The molecule has 8 heteroatoms. The number of para-hydroxylation sites is 1. The molecule has 3 rings (SSSR count). The summed E-state index contributed by atoms with van der Waals surface area (Å²) in [6, 6.07) is 9.71. The number of nitrogens with one attached hydrogen (secondary N) is 2. The Morgan fingerprint density at radius 3 is 2.64 bits per heavy atom. The van der Waals surface area contributed by atoms with Gasteiger partial charge in [-0.1, -0.05) is 39.0 Å². The third kappa shape index (κ3) is 4.99. The van der Waals surface area contributed by atoms with E-state index in [1.807, 2.05) is 0 Å². The first-order chi connectivity index (χ1) is 13.2. The zero-order valence-electron chi connectivity index (χ0n) is 16.2. The number of hydrogen-bond acceptors (Lipinski definition) is 5.